The number of esters is 9. The van der Waals surface area contributed by atoms with Gasteiger partial charge >= 0.3 is 53.7 Å². The lowest BCUT2D eigenvalue weighted by Crippen LogP contribution is -2.69. The lowest BCUT2D eigenvalue weighted by Gasteiger charge is -2.52. The number of methoxy groups -OCH3 is 16. The van der Waals surface area contributed by atoms with Crippen LogP contribution in [0.2, 0.25) is 25.7 Å². The van der Waals surface area contributed by atoms with E-state index >= 15 is 0 Å². The van der Waals surface area contributed by atoms with Crippen molar-refractivity contribution in [2.75, 3.05) is 173 Å². The fourth-order valence-electron chi connectivity index (χ4n) is 18.1. The van der Waals surface area contributed by atoms with Crippen LogP contribution in [-0.2, 0) is 242 Å². The summed E-state index contributed by atoms with van der Waals surface area (Å²) >= 11 is 0. The second-order valence-corrected chi connectivity index (χ2v) is 41.1. The van der Waals surface area contributed by atoms with E-state index in [2.05, 4.69) is 19.6 Å². The molecule has 52 heteroatoms. The van der Waals surface area contributed by atoms with Crippen LogP contribution in [0.15, 0.2) is 0 Å². The first-order valence-corrected chi connectivity index (χ1v) is 50.0. The van der Waals surface area contributed by atoms with Gasteiger partial charge in [0.2, 0.25) is 0 Å². The number of hydrogen-bond donors (Lipinski definition) is 0. The van der Waals surface area contributed by atoms with Crippen molar-refractivity contribution >= 4 is 67.6 Å². The molecule has 8 fully saturated rings. The van der Waals surface area contributed by atoms with Crippen LogP contribution in [0.25, 0.3) is 0 Å². The molecular formula is C90H148O51Si. The van der Waals surface area contributed by atoms with Crippen LogP contribution >= 0.6 is 0 Å². The van der Waals surface area contributed by atoms with E-state index in [1.807, 2.05) is 0 Å². The van der Waals surface area contributed by atoms with Crippen molar-refractivity contribution in [1.29, 1.82) is 0 Å². The zero-order valence-electron chi connectivity index (χ0n) is 85.9. The third-order valence-corrected chi connectivity index (χ3v) is 26.5. The summed E-state index contributed by atoms with van der Waals surface area (Å²) in [6, 6.07) is 0.779. The van der Waals surface area contributed by atoms with Crippen molar-refractivity contribution < 1.29 is 242 Å². The minimum atomic E-state index is -1.63. The van der Waals surface area contributed by atoms with Gasteiger partial charge in [-0.15, -0.1) is 0 Å². The van der Waals surface area contributed by atoms with Gasteiger partial charge in [0.1, 0.15) is 248 Å². The first-order chi connectivity index (χ1) is 67.7. The van der Waals surface area contributed by atoms with Crippen LogP contribution < -0.4 is 0 Å². The van der Waals surface area contributed by atoms with E-state index in [1.165, 1.54) is 135 Å². The van der Waals surface area contributed by atoms with Crippen molar-refractivity contribution in [1.82, 2.24) is 0 Å². The van der Waals surface area contributed by atoms with Gasteiger partial charge in [0, 0.05) is 190 Å². The van der Waals surface area contributed by atoms with E-state index in [0.29, 0.717) is 6.61 Å². The molecule has 8 saturated heterocycles. The molecule has 8 aliphatic heterocycles. The molecule has 8 aliphatic rings. The van der Waals surface area contributed by atoms with E-state index in [4.69, 9.17) is 194 Å². The van der Waals surface area contributed by atoms with E-state index in [1.54, 1.807) is 0 Å². The van der Waals surface area contributed by atoms with Gasteiger partial charge in [-0.3, -0.25) is 43.2 Å². The molecule has 0 aromatic rings. The number of carbonyl (C=O) groups excluding carboxylic acids is 10. The monoisotopic (exact) mass is 2070 g/mol. The van der Waals surface area contributed by atoms with Crippen molar-refractivity contribution in [2.24, 2.45) is 0 Å². The lowest BCUT2D eigenvalue weighted by molar-refractivity contribution is -0.404. The highest BCUT2D eigenvalue weighted by Crippen LogP contribution is 2.44. The first-order valence-electron chi connectivity index (χ1n) is 46.3. The average Bonchev–Trinajstić information content (AvgIpc) is 0.766. The van der Waals surface area contributed by atoms with Gasteiger partial charge in [-0.05, 0) is 13.0 Å². The average molecular weight is 2070 g/mol. The normalized spacial score (nSPS) is 37.7. The third kappa shape index (κ3) is 32.4. The number of rotatable bonds is 54. The van der Waals surface area contributed by atoms with E-state index in [-0.39, 0.29) is 25.2 Å². The quantitative estimate of drug-likeness (QED) is 0.0434. The molecule has 818 valence electrons. The molecule has 0 unspecified atom stereocenters. The maximum absolute atomic E-state index is 13.3. The SMILES string of the molecule is CO[C@@H]1[C@@H](OC)[C@@H](O[C@H]2[C@H](OC)[C@@H](OC)[C@@H](O[C@H]3[C@H](OC)[C@@H](OC)[C@@H](O[C@H]4[C@H](OC)[C@@H](OC)[C@@H](O[C@H]5[C@H](OC)[C@@H](OC)[C@@H](O[C@H]6[C@H](OC)[C@@H](OC)[C@@H](O[C@H]7[C@H](OC)[C@@H](OC)[C@@H](O[C@H]8[C@H](OC)[C@@H](OC)[C@@H](OCC[Si](C)(C)C)O[C@@H]8COC(C)=O)O[C@@H]7COC(C)=O)O[C@@H]6COC(C)=O)O[C@@H]5COC(C)=O)O[C@@H]4COC(C)=O)O[C@@H]3COC(C)=O)O[C@@H]2COC(C)=O)O[C@H](COC(C)=O)[C@H]1OC(=O)CCC(C)=O. The minimum Gasteiger partial charge on any atom is -0.463 e. The molecule has 0 aliphatic carbocycles. The standard InChI is InChI=1S/C90H148O51Si/c1-41(91)29-30-58(100)134-59-50(33-118-42(2)92)127-84(76(110-19)67(59)101-10)136-61-52(35-120-44(4)94)129-86(78(112-21)69(61)103-12)138-63-54(37-122-46(6)96)131-88(80(114-23)71(63)105-14)140-65-56(39-124-48(8)98)133-90(82(116-25)73(65)107-16)141-66-57(40-125-49(9)99)132-89(81(115-24)74(66)108-17)139-64-55(38-123-47(7)97)130-87(79(113-22)72(64)106-15)137-62-53(36-121-45(5)95)128-85(77(111-20)70(62)104-13)135-60-51(34-119-43(3)93)126-83(75(109-18)68(60)102-11)117-31-32-142(26,27)28/h50-57,59-90H,29-40H2,1-28H3/t50-,51-,52-,53-,54-,55-,56-,57-,59-,60-,61-,62-,63-,64-,65-,66-,67+,68+,69+,70+,71+,72+,73+,74+,75-,76-,77-,78-,79-,80-,81-,82-,83+,84-,85-,86-,87-,88-,89-,90-/m1/s1. The molecule has 0 N–H and O–H groups in total. The Kier molecular flexibility index (Phi) is 50.0. The minimum absolute atomic E-state index is 0.137. The molecule has 8 rings (SSSR count). The summed E-state index contributed by atoms with van der Waals surface area (Å²) < 4.78 is 258. The topological polar surface area (TPSA) is 549 Å². The Morgan fingerprint density at radius 3 is 0.514 bits per heavy atom. The Morgan fingerprint density at radius 1 is 0.204 bits per heavy atom. The zero-order valence-corrected chi connectivity index (χ0v) is 86.9. The highest BCUT2D eigenvalue weighted by Gasteiger charge is 2.64. The highest BCUT2D eigenvalue weighted by molar-refractivity contribution is 6.76. The van der Waals surface area contributed by atoms with Crippen molar-refractivity contribution in [3.8, 4) is 0 Å². The Hall–Kier alpha value is -6.16. The highest BCUT2D eigenvalue weighted by atomic mass is 28.3. The van der Waals surface area contributed by atoms with Crippen molar-refractivity contribution in [3.05, 3.63) is 0 Å². The predicted molar refractivity (Wildman–Crippen MR) is 473 cm³/mol. The van der Waals surface area contributed by atoms with Gasteiger partial charge in [0.15, 0.2) is 56.4 Å². The Bertz CT molecular complexity index is 3820. The molecule has 0 bridgehead atoms. The van der Waals surface area contributed by atoms with E-state index < -0.39 is 354 Å². The zero-order chi connectivity index (χ0) is 105. The maximum atomic E-state index is 13.3. The van der Waals surface area contributed by atoms with Gasteiger partial charge in [0.25, 0.3) is 0 Å². The lowest BCUT2D eigenvalue weighted by atomic mass is 9.94. The number of ether oxygens (including phenoxy) is 41. The number of Topliss-reactive ketones (excluding diaryl/α,β-unsaturated/α-hetero) is 1. The molecule has 0 aromatic heterocycles. The molecule has 0 aromatic carbocycles. The fourth-order valence-corrected chi connectivity index (χ4v) is 18.8. The summed E-state index contributed by atoms with van der Waals surface area (Å²) in [7, 11) is 19.8. The summed E-state index contributed by atoms with van der Waals surface area (Å²) in [5, 5.41) is 0. The van der Waals surface area contributed by atoms with E-state index in [0.717, 1.165) is 47.6 Å². The molecule has 51 nitrogen and oxygen atoms in total. The van der Waals surface area contributed by atoms with Crippen LogP contribution in [0, 0.1) is 0 Å². The van der Waals surface area contributed by atoms with Gasteiger partial charge in [-0.1, -0.05) is 19.6 Å². The number of ketones is 1. The Morgan fingerprint density at radius 2 is 0.359 bits per heavy atom. The van der Waals surface area contributed by atoms with Crippen LogP contribution in [0.1, 0.15) is 75.2 Å². The fraction of sp³-hybridized carbons (Fsp3) is 0.889. The van der Waals surface area contributed by atoms with Gasteiger partial charge in [0.05, 0.1) is 6.42 Å². The first kappa shape index (κ1) is 121. The van der Waals surface area contributed by atoms with Crippen LogP contribution in [-0.4, -0.2) is 486 Å². The molecular weight excluding hydrogens is 1930 g/mol. The largest absolute Gasteiger partial charge is 0.463 e. The molecule has 0 radical (unpaired) electrons. The maximum Gasteiger partial charge on any atom is 0.306 e. The summed E-state index contributed by atoms with van der Waals surface area (Å²) in [5.41, 5.74) is 0. The molecule has 142 heavy (non-hydrogen) atoms. The van der Waals surface area contributed by atoms with Gasteiger partial charge in [-0.25, -0.2) is 0 Å². The van der Waals surface area contributed by atoms with Crippen LogP contribution in [0.5, 0.6) is 0 Å². The number of hydrogen-bond acceptors (Lipinski definition) is 51. The Balaban J connectivity index is 1.07. The second-order valence-electron chi connectivity index (χ2n) is 35.5. The summed E-state index contributed by atoms with van der Waals surface area (Å²) in [5.74, 6) is -6.94. The van der Waals surface area contributed by atoms with E-state index in [9.17, 15) is 47.9 Å². The van der Waals surface area contributed by atoms with Gasteiger partial charge < -0.3 is 199 Å². The summed E-state index contributed by atoms with van der Waals surface area (Å²) in [6.45, 7) is 13.4. The smallest absolute Gasteiger partial charge is 0.306 e. The summed E-state index contributed by atoms with van der Waals surface area (Å²) in [4.78, 5) is 128. The molecule has 0 spiro atoms. The molecule has 8 heterocycles. The Labute approximate surface area is 826 Å². The number of carbonyl (C=O) groups is 10. The third-order valence-electron chi connectivity index (χ3n) is 24.8. The van der Waals surface area contributed by atoms with Gasteiger partial charge in [-0.2, -0.15) is 0 Å². The molecule has 0 saturated carbocycles. The van der Waals surface area contributed by atoms with Crippen LogP contribution in [0.3, 0.4) is 0 Å². The van der Waals surface area contributed by atoms with Crippen molar-refractivity contribution in [3.63, 3.8) is 0 Å². The van der Waals surface area contributed by atoms with Crippen molar-refractivity contribution in [2.45, 2.75) is 346 Å². The summed E-state index contributed by atoms with van der Waals surface area (Å²) in [6.07, 6.45) is -54.3. The predicted octanol–water partition coefficient (Wildman–Crippen LogP) is -0.137. The van der Waals surface area contributed by atoms with Crippen LogP contribution in [0.4, 0.5) is 0 Å². The molecule has 40 atom stereocenters. The molecule has 0 amide bonds. The second kappa shape index (κ2) is 58.7.